The lowest BCUT2D eigenvalue weighted by Gasteiger charge is -2.56. The van der Waals surface area contributed by atoms with Gasteiger partial charge in [0.25, 0.3) is 11.8 Å². The Morgan fingerprint density at radius 2 is 1.89 bits per heavy atom. The lowest BCUT2D eigenvalue weighted by Crippen LogP contribution is -2.70. The van der Waals surface area contributed by atoms with Gasteiger partial charge in [-0.3, -0.25) is 24.1 Å². The standard InChI is InChI=1S/C29H32F4N6O4S/c1-5-38-27(43)22-24(41)23(40)19(25-35-34-21(44-25)12-17-6-7-18(30)13-20(17)31)14-39(22)37(4)29(38)10-8-16(9-11-29)26(42)36(3)15-28(2,32)33/h6-7,13-14,16,41H,5,8-12,15H2,1-4H3. The highest BCUT2D eigenvalue weighted by molar-refractivity contribution is 7.14. The van der Waals surface area contributed by atoms with E-state index in [-0.39, 0.29) is 40.7 Å². The van der Waals surface area contributed by atoms with Gasteiger partial charge in [0.1, 0.15) is 22.3 Å². The van der Waals surface area contributed by atoms with Crippen molar-refractivity contribution in [3.8, 4) is 16.3 Å². The Morgan fingerprint density at radius 1 is 1.20 bits per heavy atom. The molecule has 2 aromatic heterocycles. The molecular formula is C29H32F4N6O4S. The van der Waals surface area contributed by atoms with Crippen LogP contribution in [0, 0.1) is 17.6 Å². The molecule has 0 saturated heterocycles. The molecule has 0 unspecified atom stereocenters. The summed E-state index contributed by atoms with van der Waals surface area (Å²) in [5, 5.41) is 21.3. The highest BCUT2D eigenvalue weighted by Crippen LogP contribution is 2.43. The number of aromatic nitrogens is 3. The molecule has 1 fully saturated rings. The van der Waals surface area contributed by atoms with E-state index in [1.54, 1.807) is 23.9 Å². The van der Waals surface area contributed by atoms with Gasteiger partial charge >= 0.3 is 0 Å². The molecule has 44 heavy (non-hydrogen) atoms. The van der Waals surface area contributed by atoms with Crippen molar-refractivity contribution in [1.82, 2.24) is 24.7 Å². The second-order valence-electron chi connectivity index (χ2n) is 11.4. The van der Waals surface area contributed by atoms with Crippen LogP contribution in [0.2, 0.25) is 0 Å². The van der Waals surface area contributed by atoms with Crippen LogP contribution in [-0.2, 0) is 11.2 Å². The zero-order chi connectivity index (χ0) is 32.1. The van der Waals surface area contributed by atoms with Crippen molar-refractivity contribution >= 4 is 23.2 Å². The van der Waals surface area contributed by atoms with E-state index in [9.17, 15) is 37.1 Å². The molecule has 1 N–H and O–H groups in total. The molecule has 3 heterocycles. The molecule has 0 bridgehead atoms. The monoisotopic (exact) mass is 636 g/mol. The van der Waals surface area contributed by atoms with E-state index in [2.05, 4.69) is 10.2 Å². The number of benzene rings is 1. The summed E-state index contributed by atoms with van der Waals surface area (Å²) < 4.78 is 56.0. The number of alkyl halides is 2. The maximum Gasteiger partial charge on any atom is 0.278 e. The van der Waals surface area contributed by atoms with E-state index in [0.717, 1.165) is 35.3 Å². The van der Waals surface area contributed by atoms with Gasteiger partial charge in [-0.15, -0.1) is 10.2 Å². The fraction of sp³-hybridized carbons (Fsp3) is 0.483. The van der Waals surface area contributed by atoms with Crippen molar-refractivity contribution < 1.29 is 32.3 Å². The Kier molecular flexibility index (Phi) is 8.20. The minimum absolute atomic E-state index is 0.0000304. The zero-order valence-electron chi connectivity index (χ0n) is 24.6. The quantitative estimate of drug-likeness (QED) is 0.391. The molecule has 5 rings (SSSR count). The fourth-order valence-electron chi connectivity index (χ4n) is 6.30. The molecule has 0 radical (unpaired) electrons. The van der Waals surface area contributed by atoms with Crippen molar-refractivity contribution in [3.63, 3.8) is 0 Å². The number of amides is 2. The van der Waals surface area contributed by atoms with E-state index < -0.39 is 52.8 Å². The first-order chi connectivity index (χ1) is 20.7. The number of hydrogen-bond donors (Lipinski definition) is 1. The molecule has 1 aromatic carbocycles. The van der Waals surface area contributed by atoms with Crippen molar-refractivity contribution in [2.45, 2.75) is 57.5 Å². The number of nitrogens with zero attached hydrogens (tertiary/aromatic N) is 6. The van der Waals surface area contributed by atoms with Gasteiger partial charge in [0.2, 0.25) is 11.3 Å². The number of carbonyl (C=O) groups excluding carboxylic acids is 2. The summed E-state index contributed by atoms with van der Waals surface area (Å²) in [5.74, 6) is -6.70. The summed E-state index contributed by atoms with van der Waals surface area (Å²) in [6, 6.07) is 3.19. The Morgan fingerprint density at radius 3 is 2.50 bits per heavy atom. The minimum Gasteiger partial charge on any atom is -0.502 e. The third-order valence-electron chi connectivity index (χ3n) is 8.44. The smallest absolute Gasteiger partial charge is 0.278 e. The van der Waals surface area contributed by atoms with Gasteiger partial charge in [0.05, 0.1) is 12.1 Å². The van der Waals surface area contributed by atoms with Gasteiger partial charge in [-0.25, -0.2) is 17.6 Å². The van der Waals surface area contributed by atoms with Gasteiger partial charge < -0.3 is 14.9 Å². The van der Waals surface area contributed by atoms with Crippen LogP contribution < -0.4 is 10.4 Å². The van der Waals surface area contributed by atoms with Gasteiger partial charge in [-0.1, -0.05) is 17.4 Å². The summed E-state index contributed by atoms with van der Waals surface area (Å²) in [7, 11) is 3.06. The van der Waals surface area contributed by atoms with Gasteiger partial charge in [0.15, 0.2) is 16.5 Å². The summed E-state index contributed by atoms with van der Waals surface area (Å²) >= 11 is 0.995. The Labute approximate surface area is 254 Å². The van der Waals surface area contributed by atoms with Gasteiger partial charge in [0, 0.05) is 52.2 Å². The number of rotatable bonds is 7. The highest BCUT2D eigenvalue weighted by Gasteiger charge is 2.52. The topological polar surface area (TPSA) is 112 Å². The van der Waals surface area contributed by atoms with Crippen molar-refractivity contribution in [2.75, 3.05) is 32.2 Å². The van der Waals surface area contributed by atoms with Crippen LogP contribution in [-0.4, -0.2) is 80.4 Å². The molecule has 0 atom stereocenters. The number of pyridine rings is 1. The third-order valence-corrected chi connectivity index (χ3v) is 9.39. The molecule has 1 aliphatic heterocycles. The fourth-order valence-corrected chi connectivity index (χ4v) is 7.17. The zero-order valence-corrected chi connectivity index (χ0v) is 25.4. The molecular weight excluding hydrogens is 604 g/mol. The molecule has 10 nitrogen and oxygen atoms in total. The van der Waals surface area contributed by atoms with E-state index >= 15 is 0 Å². The molecule has 15 heteroatoms. The first-order valence-electron chi connectivity index (χ1n) is 14.1. The first kappa shape index (κ1) is 31.4. The van der Waals surface area contributed by atoms with Gasteiger partial charge in [-0.2, -0.15) is 0 Å². The number of aromatic hydroxyl groups is 1. The molecule has 2 amide bonds. The van der Waals surface area contributed by atoms with Crippen LogP contribution in [0.4, 0.5) is 17.6 Å². The molecule has 1 saturated carbocycles. The summed E-state index contributed by atoms with van der Waals surface area (Å²) in [5.41, 5.74) is -1.82. The van der Waals surface area contributed by atoms with Crippen molar-refractivity contribution in [3.05, 3.63) is 62.5 Å². The predicted molar refractivity (Wildman–Crippen MR) is 154 cm³/mol. The Balaban J connectivity index is 1.45. The summed E-state index contributed by atoms with van der Waals surface area (Å²) in [6.07, 6.45) is 2.75. The number of hydrogen-bond acceptors (Lipinski definition) is 8. The van der Waals surface area contributed by atoms with Crippen LogP contribution in [0.5, 0.6) is 5.75 Å². The molecule has 236 valence electrons. The molecule has 3 aromatic rings. The molecule has 1 aliphatic carbocycles. The molecule has 2 aliphatic rings. The molecule has 1 spiro atoms. The minimum atomic E-state index is -3.03. The highest BCUT2D eigenvalue weighted by atomic mass is 32.1. The van der Waals surface area contributed by atoms with Crippen LogP contribution in [0.15, 0.2) is 29.2 Å². The summed E-state index contributed by atoms with van der Waals surface area (Å²) in [6.45, 7) is 2.09. The van der Waals surface area contributed by atoms with E-state index in [1.165, 1.54) is 24.0 Å². The average Bonchev–Trinajstić information content (AvgIpc) is 3.42. The predicted octanol–water partition coefficient (Wildman–Crippen LogP) is 3.99. The van der Waals surface area contributed by atoms with Crippen LogP contribution in [0.3, 0.4) is 0 Å². The maximum atomic E-state index is 14.2. The lowest BCUT2D eigenvalue weighted by atomic mass is 9.79. The van der Waals surface area contributed by atoms with Crippen molar-refractivity contribution in [2.24, 2.45) is 5.92 Å². The lowest BCUT2D eigenvalue weighted by molar-refractivity contribution is -0.140. The number of halogens is 4. The largest absolute Gasteiger partial charge is 0.502 e. The van der Waals surface area contributed by atoms with E-state index in [0.29, 0.717) is 30.7 Å². The second kappa shape index (κ2) is 11.5. The van der Waals surface area contributed by atoms with Gasteiger partial charge in [-0.05, 0) is 44.2 Å². The SMILES string of the molecule is CCN1C(=O)c2c(O)c(=O)c(-c3nnc(Cc4ccc(F)cc4F)s3)cn2N(C)C12CCC(C(=O)N(C)CC(C)(F)F)CC2. The van der Waals surface area contributed by atoms with Crippen LogP contribution in [0.25, 0.3) is 10.6 Å². The summed E-state index contributed by atoms with van der Waals surface area (Å²) in [4.78, 5) is 42.6. The van der Waals surface area contributed by atoms with Crippen LogP contribution in [0.1, 0.15) is 60.6 Å². The normalized spacial score (nSPS) is 20.3. The number of carbonyl (C=O) groups is 2. The Bertz CT molecular complexity index is 1660. The van der Waals surface area contributed by atoms with Crippen molar-refractivity contribution in [1.29, 1.82) is 0 Å². The average molecular weight is 637 g/mol. The third kappa shape index (κ3) is 5.53. The maximum absolute atomic E-state index is 14.2. The van der Waals surface area contributed by atoms with E-state index in [4.69, 9.17) is 0 Å². The van der Waals surface area contributed by atoms with Crippen LogP contribution >= 0.6 is 11.3 Å². The first-order valence-corrected chi connectivity index (χ1v) is 14.9. The van der Waals surface area contributed by atoms with E-state index in [1.807, 2.05) is 0 Å². The Hall–Kier alpha value is -4.01. The second-order valence-corrected chi connectivity index (χ2v) is 12.5. The number of fused-ring (bicyclic) bond motifs is 1.